The zero-order valence-corrected chi connectivity index (χ0v) is 19.3. The lowest BCUT2D eigenvalue weighted by atomic mass is 10.0. The molecule has 1 unspecified atom stereocenters. The molecule has 0 saturated carbocycles. The van der Waals surface area contributed by atoms with Crippen LogP contribution in [0.5, 0.6) is 5.75 Å². The Kier molecular flexibility index (Phi) is 5.67. The summed E-state index contributed by atoms with van der Waals surface area (Å²) in [6.07, 6.45) is 1.10. The van der Waals surface area contributed by atoms with E-state index in [-0.39, 0.29) is 11.5 Å². The number of aromatic amines is 1. The van der Waals surface area contributed by atoms with Crippen molar-refractivity contribution in [2.24, 2.45) is 0 Å². The second-order valence-corrected chi connectivity index (χ2v) is 8.47. The predicted molar refractivity (Wildman–Crippen MR) is 119 cm³/mol. The van der Waals surface area contributed by atoms with E-state index in [0.29, 0.717) is 37.9 Å². The number of benzene rings is 2. The smallest absolute Gasteiger partial charge is 0.325 e. The standard InChI is InChI=1S/C21H17BrN4O4S/c1-11(27)25-16-7-5-4-6-14(16)18-19(29)23-21(31-3)24-26(18)20(25)13-8-9-17(15(22)10-13)30-12(2)28/h4-10,20H,1-3H3/p+1. The number of para-hydroxylation sites is 1. The van der Waals surface area contributed by atoms with E-state index in [1.807, 2.05) is 18.4 Å². The maximum Gasteiger partial charge on any atom is 0.325 e. The first-order valence-corrected chi connectivity index (χ1v) is 11.3. The average molecular weight is 502 g/mol. The van der Waals surface area contributed by atoms with Gasteiger partial charge in [0.25, 0.3) is 6.17 Å². The number of ether oxygens (including phenoxy) is 1. The topological polar surface area (TPSA) is 96.2 Å². The van der Waals surface area contributed by atoms with Crippen LogP contribution < -0.4 is 19.9 Å². The molecule has 0 aliphatic carbocycles. The number of anilines is 1. The van der Waals surface area contributed by atoms with Crippen molar-refractivity contribution in [2.45, 2.75) is 25.2 Å². The Morgan fingerprint density at radius 2 is 1.97 bits per heavy atom. The molecule has 0 fully saturated rings. The van der Waals surface area contributed by atoms with Gasteiger partial charge in [0.05, 0.1) is 15.7 Å². The zero-order chi connectivity index (χ0) is 22.3. The molecule has 2 aromatic carbocycles. The van der Waals surface area contributed by atoms with Gasteiger partial charge in [-0.05, 0) is 57.2 Å². The highest BCUT2D eigenvalue weighted by atomic mass is 79.9. The van der Waals surface area contributed by atoms with Gasteiger partial charge in [0.15, 0.2) is 0 Å². The van der Waals surface area contributed by atoms with Crippen molar-refractivity contribution in [1.29, 1.82) is 0 Å². The van der Waals surface area contributed by atoms with E-state index in [0.717, 1.165) is 0 Å². The maximum absolute atomic E-state index is 13.0. The molecule has 0 radical (unpaired) electrons. The first-order chi connectivity index (χ1) is 14.8. The normalized spacial score (nSPS) is 14.6. The Balaban J connectivity index is 2.00. The van der Waals surface area contributed by atoms with Crippen molar-refractivity contribution in [3.05, 3.63) is 62.9 Å². The van der Waals surface area contributed by atoms with E-state index >= 15 is 0 Å². The summed E-state index contributed by atoms with van der Waals surface area (Å²) in [7, 11) is 0. The van der Waals surface area contributed by atoms with Crippen LogP contribution in [-0.2, 0) is 9.59 Å². The maximum atomic E-state index is 13.0. The number of H-pyrrole nitrogens is 1. The summed E-state index contributed by atoms with van der Waals surface area (Å²) >= 11 is 4.73. The van der Waals surface area contributed by atoms with Crippen molar-refractivity contribution < 1.29 is 19.0 Å². The Bertz CT molecular complexity index is 1280. The number of amides is 1. The zero-order valence-electron chi connectivity index (χ0n) is 16.9. The van der Waals surface area contributed by atoms with E-state index in [1.54, 1.807) is 39.9 Å². The second kappa shape index (κ2) is 8.27. The number of carbonyl (C=O) groups is 2. The van der Waals surface area contributed by atoms with Gasteiger partial charge in [-0.1, -0.05) is 23.9 Å². The molecule has 3 aromatic rings. The lowest BCUT2D eigenvalue weighted by Gasteiger charge is -2.31. The molecule has 0 spiro atoms. The van der Waals surface area contributed by atoms with Crippen LogP contribution >= 0.6 is 27.7 Å². The van der Waals surface area contributed by atoms with Gasteiger partial charge in [-0.25, -0.2) is 4.90 Å². The van der Waals surface area contributed by atoms with Crippen molar-refractivity contribution in [2.75, 3.05) is 11.2 Å². The molecule has 1 amide bonds. The van der Waals surface area contributed by atoms with Gasteiger partial charge in [-0.2, -0.15) is 0 Å². The third-order valence-electron chi connectivity index (χ3n) is 4.80. The van der Waals surface area contributed by atoms with Crippen LogP contribution in [0.2, 0.25) is 0 Å². The first kappa shape index (κ1) is 21.3. The van der Waals surface area contributed by atoms with E-state index in [1.165, 1.54) is 25.6 Å². The van der Waals surface area contributed by atoms with Crippen LogP contribution in [0.1, 0.15) is 25.6 Å². The molecule has 31 heavy (non-hydrogen) atoms. The number of nitrogens with one attached hydrogen (secondary N) is 1. The van der Waals surface area contributed by atoms with Crippen LogP contribution in [0.4, 0.5) is 5.69 Å². The van der Waals surface area contributed by atoms with Gasteiger partial charge in [0.1, 0.15) is 5.75 Å². The number of halogens is 1. The van der Waals surface area contributed by atoms with Crippen molar-refractivity contribution in [3.63, 3.8) is 0 Å². The molecule has 1 aliphatic heterocycles. The van der Waals surface area contributed by atoms with Gasteiger partial charge in [-0.3, -0.25) is 19.4 Å². The summed E-state index contributed by atoms with van der Waals surface area (Å²) in [5, 5.41) is 5.04. The Morgan fingerprint density at radius 3 is 2.61 bits per heavy atom. The fraction of sp³-hybridized carbons (Fsp3) is 0.190. The van der Waals surface area contributed by atoms with Crippen molar-refractivity contribution in [3.8, 4) is 17.0 Å². The lowest BCUT2D eigenvalue weighted by molar-refractivity contribution is -0.763. The largest absolute Gasteiger partial charge is 0.426 e. The fourth-order valence-electron chi connectivity index (χ4n) is 3.62. The summed E-state index contributed by atoms with van der Waals surface area (Å²) in [5.74, 6) is -0.290. The molecule has 1 atom stereocenters. The summed E-state index contributed by atoms with van der Waals surface area (Å²) in [6.45, 7) is 2.79. The van der Waals surface area contributed by atoms with E-state index in [2.05, 4.69) is 26.0 Å². The molecule has 8 nitrogen and oxygen atoms in total. The minimum atomic E-state index is -0.710. The molecule has 1 aromatic heterocycles. The third-order valence-corrected chi connectivity index (χ3v) is 5.99. The van der Waals surface area contributed by atoms with Gasteiger partial charge in [0.2, 0.25) is 11.1 Å². The van der Waals surface area contributed by atoms with Gasteiger partial charge in [-0.15, -0.1) is 0 Å². The Hall–Kier alpha value is -2.98. The van der Waals surface area contributed by atoms with Crippen LogP contribution in [0.25, 0.3) is 11.3 Å². The Labute approximate surface area is 190 Å². The molecule has 0 bridgehead atoms. The summed E-state index contributed by atoms with van der Waals surface area (Å²) < 4.78 is 7.31. The van der Waals surface area contributed by atoms with Gasteiger partial charge >= 0.3 is 17.2 Å². The molecule has 2 heterocycles. The average Bonchev–Trinajstić information content (AvgIpc) is 2.73. The highest BCUT2D eigenvalue weighted by molar-refractivity contribution is 9.10. The van der Waals surface area contributed by atoms with Crippen LogP contribution in [0, 0.1) is 0 Å². The third kappa shape index (κ3) is 3.77. The molecule has 0 saturated heterocycles. The van der Waals surface area contributed by atoms with E-state index < -0.39 is 12.1 Å². The SMILES string of the molecule is CSc1n[n+]2c(c(=O)[nH]1)-c1ccccc1N(C(C)=O)C2c1ccc(OC(C)=O)c(Br)c1. The van der Waals surface area contributed by atoms with E-state index in [9.17, 15) is 14.4 Å². The predicted octanol–water partition coefficient (Wildman–Crippen LogP) is 3.05. The van der Waals surface area contributed by atoms with Crippen LogP contribution in [-0.4, -0.2) is 28.2 Å². The Morgan fingerprint density at radius 1 is 1.23 bits per heavy atom. The number of hydrogen-bond acceptors (Lipinski definition) is 6. The van der Waals surface area contributed by atoms with Crippen LogP contribution in [0.15, 0.2) is 56.9 Å². The highest BCUT2D eigenvalue weighted by Crippen LogP contribution is 2.38. The summed E-state index contributed by atoms with van der Waals surface area (Å²) in [4.78, 5) is 41.6. The molecule has 1 aliphatic rings. The number of carbonyl (C=O) groups excluding carboxylic acids is 2. The van der Waals surface area contributed by atoms with Crippen molar-refractivity contribution in [1.82, 2.24) is 10.1 Å². The number of nitrogens with zero attached hydrogens (tertiary/aromatic N) is 3. The van der Waals surface area contributed by atoms with Crippen LogP contribution in [0.3, 0.4) is 0 Å². The number of thioether (sulfide) groups is 1. The molecule has 1 N–H and O–H groups in total. The minimum Gasteiger partial charge on any atom is -0.426 e. The quantitative estimate of drug-likeness (QED) is 0.256. The molecule has 158 valence electrons. The summed E-state index contributed by atoms with van der Waals surface area (Å²) in [6, 6.07) is 12.4. The van der Waals surface area contributed by atoms with Gasteiger partial charge < -0.3 is 4.74 Å². The van der Waals surface area contributed by atoms with E-state index in [4.69, 9.17) is 4.74 Å². The number of rotatable bonds is 3. The summed E-state index contributed by atoms with van der Waals surface area (Å²) in [5.41, 5.74) is 1.98. The molecule has 10 heteroatoms. The second-order valence-electron chi connectivity index (χ2n) is 6.82. The lowest BCUT2D eigenvalue weighted by Crippen LogP contribution is -2.60. The molecular weight excluding hydrogens is 484 g/mol. The minimum absolute atomic E-state index is 0.205. The van der Waals surface area contributed by atoms with Crippen molar-refractivity contribution >= 4 is 45.3 Å². The highest BCUT2D eigenvalue weighted by Gasteiger charge is 2.44. The molecule has 4 rings (SSSR count). The molecular formula is C21H18BrN4O4S+. The number of aromatic nitrogens is 3. The fourth-order valence-corrected chi connectivity index (χ4v) is 4.46. The number of hydrogen-bond donors (Lipinski definition) is 1. The number of esters is 1. The monoisotopic (exact) mass is 501 g/mol. The van der Waals surface area contributed by atoms with Gasteiger partial charge in [0, 0.05) is 24.5 Å². The number of fused-ring (bicyclic) bond motifs is 3. The first-order valence-electron chi connectivity index (χ1n) is 9.29.